The van der Waals surface area contributed by atoms with E-state index in [0.29, 0.717) is 5.56 Å². The average molecular weight is 394 g/mol. The third-order valence-electron chi connectivity index (χ3n) is 5.16. The number of hydrogen-bond donors (Lipinski definition) is 1. The number of anilines is 2. The average Bonchev–Trinajstić information content (AvgIpc) is 3.11. The molecule has 152 valence electrons. The molecule has 0 amide bonds. The molecule has 1 saturated heterocycles. The molecule has 0 radical (unpaired) electrons. The van der Waals surface area contributed by atoms with Crippen LogP contribution in [-0.4, -0.2) is 60.4 Å². The van der Waals surface area contributed by atoms with E-state index in [1.165, 1.54) is 7.11 Å². The highest BCUT2D eigenvalue weighted by Crippen LogP contribution is 2.24. The van der Waals surface area contributed by atoms with Crippen LogP contribution < -0.4 is 5.32 Å². The Bertz CT molecular complexity index is 965. The third-order valence-corrected chi connectivity index (χ3v) is 5.16. The van der Waals surface area contributed by atoms with Gasteiger partial charge in [-0.15, -0.1) is 0 Å². The van der Waals surface area contributed by atoms with Gasteiger partial charge in [0.05, 0.1) is 36.9 Å². The van der Waals surface area contributed by atoms with Gasteiger partial charge in [0.2, 0.25) is 5.95 Å². The Morgan fingerprint density at radius 1 is 1.14 bits per heavy atom. The number of aryl methyl sites for hydroxylation is 1. The Kier molecular flexibility index (Phi) is 6.07. The summed E-state index contributed by atoms with van der Waals surface area (Å²) >= 11 is 0. The predicted octanol–water partition coefficient (Wildman–Crippen LogP) is 3.29. The number of benzene rings is 2. The molecule has 0 saturated carbocycles. The number of hydrogen-bond acceptors (Lipinski definition) is 6. The summed E-state index contributed by atoms with van der Waals surface area (Å²) in [6, 6.07) is 15.5. The number of carbonyl (C=O) groups is 1. The SMILES string of the molecule is COC(=O)c1ccc2c(c1)nc(Nc1ccccc1)n2CCCN1CCOCC1. The number of ether oxygens (including phenoxy) is 2. The number of para-hydroxylation sites is 1. The monoisotopic (exact) mass is 394 g/mol. The van der Waals surface area contributed by atoms with Crippen LogP contribution in [0.2, 0.25) is 0 Å². The predicted molar refractivity (Wildman–Crippen MR) is 113 cm³/mol. The zero-order chi connectivity index (χ0) is 20.1. The van der Waals surface area contributed by atoms with Gasteiger partial charge in [0, 0.05) is 31.9 Å². The number of esters is 1. The van der Waals surface area contributed by atoms with Gasteiger partial charge in [-0.3, -0.25) is 4.90 Å². The lowest BCUT2D eigenvalue weighted by atomic mass is 10.2. The molecule has 29 heavy (non-hydrogen) atoms. The lowest BCUT2D eigenvalue weighted by Gasteiger charge is -2.26. The zero-order valence-corrected chi connectivity index (χ0v) is 16.6. The summed E-state index contributed by atoms with van der Waals surface area (Å²) in [6.07, 6.45) is 1.01. The maximum Gasteiger partial charge on any atom is 0.337 e. The summed E-state index contributed by atoms with van der Waals surface area (Å²) < 4.78 is 12.5. The Balaban J connectivity index is 1.59. The van der Waals surface area contributed by atoms with Crippen molar-refractivity contribution in [2.45, 2.75) is 13.0 Å². The van der Waals surface area contributed by atoms with Gasteiger partial charge in [0.25, 0.3) is 0 Å². The van der Waals surface area contributed by atoms with E-state index in [0.717, 1.165) is 68.5 Å². The molecular formula is C22H26N4O3. The van der Waals surface area contributed by atoms with Gasteiger partial charge in [-0.1, -0.05) is 18.2 Å². The molecule has 1 aliphatic heterocycles. The van der Waals surface area contributed by atoms with Crippen molar-refractivity contribution in [2.24, 2.45) is 0 Å². The molecule has 1 N–H and O–H groups in total. The summed E-state index contributed by atoms with van der Waals surface area (Å²) in [6.45, 7) is 5.45. The normalized spacial score (nSPS) is 14.8. The Morgan fingerprint density at radius 2 is 1.93 bits per heavy atom. The molecule has 0 spiro atoms. The minimum Gasteiger partial charge on any atom is -0.465 e. The minimum atomic E-state index is -0.355. The molecule has 0 unspecified atom stereocenters. The van der Waals surface area contributed by atoms with Crippen molar-refractivity contribution in [3.8, 4) is 0 Å². The molecule has 4 rings (SSSR count). The lowest BCUT2D eigenvalue weighted by Crippen LogP contribution is -2.37. The third kappa shape index (κ3) is 4.58. The van der Waals surface area contributed by atoms with E-state index in [1.54, 1.807) is 12.1 Å². The molecule has 0 atom stereocenters. The van der Waals surface area contributed by atoms with E-state index < -0.39 is 0 Å². The molecule has 2 heterocycles. The summed E-state index contributed by atoms with van der Waals surface area (Å²) in [4.78, 5) is 19.1. The second-order valence-corrected chi connectivity index (χ2v) is 7.08. The van der Waals surface area contributed by atoms with E-state index in [-0.39, 0.29) is 5.97 Å². The number of rotatable bonds is 7. The van der Waals surface area contributed by atoms with E-state index in [9.17, 15) is 4.79 Å². The van der Waals surface area contributed by atoms with Crippen molar-refractivity contribution in [1.29, 1.82) is 0 Å². The van der Waals surface area contributed by atoms with Gasteiger partial charge in [0.15, 0.2) is 0 Å². The first-order valence-electron chi connectivity index (χ1n) is 9.95. The van der Waals surface area contributed by atoms with Gasteiger partial charge in [-0.05, 0) is 36.8 Å². The van der Waals surface area contributed by atoms with Crippen molar-refractivity contribution in [3.63, 3.8) is 0 Å². The molecule has 0 aliphatic carbocycles. The van der Waals surface area contributed by atoms with Crippen LogP contribution in [0.4, 0.5) is 11.6 Å². The Morgan fingerprint density at radius 3 is 2.69 bits per heavy atom. The number of aromatic nitrogens is 2. The van der Waals surface area contributed by atoms with Crippen molar-refractivity contribution >= 4 is 28.6 Å². The second-order valence-electron chi connectivity index (χ2n) is 7.08. The summed E-state index contributed by atoms with van der Waals surface area (Å²) in [5.41, 5.74) is 3.26. The highest BCUT2D eigenvalue weighted by Gasteiger charge is 2.15. The molecule has 1 aromatic heterocycles. The Labute approximate surface area is 170 Å². The van der Waals surface area contributed by atoms with E-state index >= 15 is 0 Å². The van der Waals surface area contributed by atoms with Crippen molar-refractivity contribution in [1.82, 2.24) is 14.5 Å². The number of fused-ring (bicyclic) bond motifs is 1. The maximum absolute atomic E-state index is 11.9. The molecule has 2 aromatic carbocycles. The highest BCUT2D eigenvalue weighted by molar-refractivity contribution is 5.94. The first-order valence-corrected chi connectivity index (χ1v) is 9.95. The van der Waals surface area contributed by atoms with Crippen molar-refractivity contribution in [2.75, 3.05) is 45.3 Å². The first-order chi connectivity index (χ1) is 14.2. The second kappa shape index (κ2) is 9.07. The van der Waals surface area contributed by atoms with Gasteiger partial charge in [-0.2, -0.15) is 0 Å². The van der Waals surface area contributed by atoms with Crippen LogP contribution in [0.3, 0.4) is 0 Å². The standard InChI is InChI=1S/C22H26N4O3/c1-28-21(27)17-8-9-20-19(16-17)24-22(23-18-6-3-2-4-7-18)26(20)11-5-10-25-12-14-29-15-13-25/h2-4,6-9,16H,5,10-15H2,1H3,(H,23,24). The fourth-order valence-electron chi connectivity index (χ4n) is 3.62. The molecular weight excluding hydrogens is 368 g/mol. The number of methoxy groups -OCH3 is 1. The molecule has 1 fully saturated rings. The first kappa shape index (κ1) is 19.4. The number of nitrogens with zero attached hydrogens (tertiary/aromatic N) is 3. The number of imidazole rings is 1. The number of nitrogens with one attached hydrogen (secondary N) is 1. The van der Waals surface area contributed by atoms with Gasteiger partial charge in [-0.25, -0.2) is 9.78 Å². The lowest BCUT2D eigenvalue weighted by molar-refractivity contribution is 0.0370. The van der Waals surface area contributed by atoms with Crippen LogP contribution in [0.25, 0.3) is 11.0 Å². The van der Waals surface area contributed by atoms with E-state index in [1.807, 2.05) is 36.4 Å². The van der Waals surface area contributed by atoms with Crippen LogP contribution >= 0.6 is 0 Å². The van der Waals surface area contributed by atoms with Crippen LogP contribution in [-0.2, 0) is 16.0 Å². The largest absolute Gasteiger partial charge is 0.465 e. The minimum absolute atomic E-state index is 0.355. The van der Waals surface area contributed by atoms with Crippen LogP contribution in [0.15, 0.2) is 48.5 Å². The maximum atomic E-state index is 11.9. The van der Waals surface area contributed by atoms with Crippen LogP contribution in [0, 0.1) is 0 Å². The molecule has 1 aliphatic rings. The Hall–Kier alpha value is -2.90. The topological polar surface area (TPSA) is 68.6 Å². The van der Waals surface area contributed by atoms with Crippen LogP contribution in [0.1, 0.15) is 16.8 Å². The van der Waals surface area contributed by atoms with Crippen molar-refractivity contribution < 1.29 is 14.3 Å². The fraction of sp³-hybridized carbons (Fsp3) is 0.364. The van der Waals surface area contributed by atoms with Gasteiger partial charge < -0.3 is 19.4 Å². The highest BCUT2D eigenvalue weighted by atomic mass is 16.5. The number of carbonyl (C=O) groups excluding carboxylic acids is 1. The van der Waals surface area contributed by atoms with Gasteiger partial charge >= 0.3 is 5.97 Å². The molecule has 7 heteroatoms. The van der Waals surface area contributed by atoms with Crippen molar-refractivity contribution in [3.05, 3.63) is 54.1 Å². The summed E-state index contributed by atoms with van der Waals surface area (Å²) in [5, 5.41) is 3.42. The smallest absolute Gasteiger partial charge is 0.337 e. The van der Waals surface area contributed by atoms with E-state index in [4.69, 9.17) is 14.5 Å². The summed E-state index contributed by atoms with van der Waals surface area (Å²) in [7, 11) is 1.39. The zero-order valence-electron chi connectivity index (χ0n) is 16.6. The number of morpholine rings is 1. The van der Waals surface area contributed by atoms with Crippen LogP contribution in [0.5, 0.6) is 0 Å². The fourth-order valence-corrected chi connectivity index (χ4v) is 3.62. The van der Waals surface area contributed by atoms with Gasteiger partial charge in [0.1, 0.15) is 0 Å². The quantitative estimate of drug-likeness (QED) is 0.620. The summed E-state index contributed by atoms with van der Waals surface area (Å²) in [5.74, 6) is 0.418. The molecule has 3 aromatic rings. The molecule has 0 bridgehead atoms. The van der Waals surface area contributed by atoms with E-state index in [2.05, 4.69) is 14.8 Å². The molecule has 7 nitrogen and oxygen atoms in total.